The first kappa shape index (κ1) is 13.9. The Kier molecular flexibility index (Phi) is 5.94. The molecule has 0 saturated carbocycles. The van der Waals surface area contributed by atoms with Crippen molar-refractivity contribution in [3.8, 4) is 0 Å². The second kappa shape index (κ2) is 7.25. The van der Waals surface area contributed by atoms with Crippen molar-refractivity contribution in [3.63, 3.8) is 0 Å². The number of esters is 1. The van der Waals surface area contributed by atoms with Gasteiger partial charge < -0.3 is 10.1 Å². The molecule has 0 aliphatic carbocycles. The summed E-state index contributed by atoms with van der Waals surface area (Å²) in [6.45, 7) is 5.46. The van der Waals surface area contributed by atoms with Gasteiger partial charge in [-0.3, -0.25) is 0 Å². The average Bonchev–Trinajstić information content (AvgIpc) is 2.80. The van der Waals surface area contributed by atoms with Crippen LogP contribution in [-0.2, 0) is 22.5 Å². The van der Waals surface area contributed by atoms with Gasteiger partial charge in [-0.05, 0) is 30.4 Å². The number of methoxy groups -OCH3 is 1. The van der Waals surface area contributed by atoms with Crippen molar-refractivity contribution in [2.24, 2.45) is 0 Å². The Balaban J connectivity index is 2.36. The Morgan fingerprint density at radius 2 is 2.35 bits per heavy atom. The fourth-order valence-electron chi connectivity index (χ4n) is 1.49. The fourth-order valence-corrected chi connectivity index (χ4v) is 2.44. The van der Waals surface area contributed by atoms with Gasteiger partial charge in [0.25, 0.3) is 0 Å². The predicted octanol–water partition coefficient (Wildman–Crippen LogP) is 2.52. The van der Waals surface area contributed by atoms with Gasteiger partial charge in [-0.25, -0.2) is 4.79 Å². The molecule has 0 bridgehead atoms. The molecule has 0 aliphatic heterocycles. The van der Waals surface area contributed by atoms with Crippen LogP contribution in [0.4, 0.5) is 0 Å². The van der Waals surface area contributed by atoms with Crippen LogP contribution in [0.15, 0.2) is 23.1 Å². The van der Waals surface area contributed by atoms with Crippen LogP contribution in [0, 0.1) is 0 Å². The molecule has 1 rings (SSSR count). The number of thiophene rings is 1. The lowest BCUT2D eigenvalue weighted by Crippen LogP contribution is -2.14. The van der Waals surface area contributed by atoms with Gasteiger partial charge in [0.1, 0.15) is 0 Å². The Bertz CT molecular complexity index is 396. The zero-order valence-electron chi connectivity index (χ0n) is 10.6. The number of nitrogens with one attached hydrogen (secondary N) is 1. The summed E-state index contributed by atoms with van der Waals surface area (Å²) in [6.07, 6.45) is 2.92. The second-order valence-corrected chi connectivity index (χ2v) is 4.73. The van der Waals surface area contributed by atoms with Crippen LogP contribution in [-0.4, -0.2) is 19.6 Å². The number of hydrogen-bond acceptors (Lipinski definition) is 4. The van der Waals surface area contributed by atoms with E-state index in [0.29, 0.717) is 12.1 Å². The highest BCUT2D eigenvalue weighted by Gasteiger charge is 2.03. The minimum atomic E-state index is -0.267. The molecule has 0 radical (unpaired) electrons. The minimum absolute atomic E-state index is 0.267. The number of carbonyl (C=O) groups excluding carboxylic acids is 1. The van der Waals surface area contributed by atoms with E-state index in [9.17, 15) is 4.79 Å². The molecule has 0 aromatic carbocycles. The van der Waals surface area contributed by atoms with Gasteiger partial charge in [0.05, 0.1) is 7.11 Å². The Morgan fingerprint density at radius 1 is 1.59 bits per heavy atom. The van der Waals surface area contributed by atoms with Crippen LogP contribution in [0.1, 0.15) is 24.3 Å². The normalized spacial score (nSPS) is 11.6. The molecule has 1 aromatic rings. The molecule has 1 aromatic heterocycles. The maximum absolute atomic E-state index is 11.1. The number of hydrogen-bond donors (Lipinski definition) is 1. The quantitative estimate of drug-likeness (QED) is 0.481. The van der Waals surface area contributed by atoms with Gasteiger partial charge in [0.2, 0.25) is 0 Å². The van der Waals surface area contributed by atoms with E-state index in [1.807, 2.05) is 6.08 Å². The third-order valence-electron chi connectivity index (χ3n) is 2.56. The lowest BCUT2D eigenvalue weighted by molar-refractivity contribution is -0.136. The summed E-state index contributed by atoms with van der Waals surface area (Å²) in [5.41, 5.74) is 2.04. The van der Waals surface area contributed by atoms with E-state index in [4.69, 9.17) is 0 Å². The molecular weight excluding hydrogens is 234 g/mol. The van der Waals surface area contributed by atoms with Crippen molar-refractivity contribution < 1.29 is 9.53 Å². The molecular formula is C13H19NO2S. The van der Waals surface area contributed by atoms with Crippen molar-refractivity contribution in [1.82, 2.24) is 5.32 Å². The summed E-state index contributed by atoms with van der Waals surface area (Å²) < 4.78 is 4.62. The van der Waals surface area contributed by atoms with Crippen LogP contribution < -0.4 is 5.32 Å². The Hall–Kier alpha value is -1.13. The monoisotopic (exact) mass is 253 g/mol. The van der Waals surface area contributed by atoms with E-state index < -0.39 is 0 Å². The largest absolute Gasteiger partial charge is 0.466 e. The minimum Gasteiger partial charge on any atom is -0.466 e. The third kappa shape index (κ3) is 4.32. The lowest BCUT2D eigenvalue weighted by Gasteiger charge is -2.03. The van der Waals surface area contributed by atoms with Gasteiger partial charge in [-0.15, -0.1) is 11.3 Å². The maximum Gasteiger partial charge on any atom is 0.333 e. The standard InChI is InChI=1S/C13H19NO2S/c1-4-11-6-8-17-12(11)9-14-7-5-10(2)13(15)16-3/h5-6,8,14H,4,7,9H2,1-3H3/b10-5-. The summed E-state index contributed by atoms with van der Waals surface area (Å²) in [4.78, 5) is 12.5. The van der Waals surface area contributed by atoms with E-state index in [1.165, 1.54) is 17.6 Å². The fraction of sp³-hybridized carbons (Fsp3) is 0.462. The average molecular weight is 253 g/mol. The highest BCUT2D eigenvalue weighted by Crippen LogP contribution is 2.16. The number of rotatable bonds is 6. The zero-order chi connectivity index (χ0) is 12.7. The van der Waals surface area contributed by atoms with Gasteiger partial charge in [0.15, 0.2) is 0 Å². The summed E-state index contributed by atoms with van der Waals surface area (Å²) in [7, 11) is 1.40. The van der Waals surface area contributed by atoms with E-state index in [-0.39, 0.29) is 5.97 Å². The van der Waals surface area contributed by atoms with Gasteiger partial charge in [-0.2, -0.15) is 0 Å². The smallest absolute Gasteiger partial charge is 0.333 e. The maximum atomic E-state index is 11.1. The van der Waals surface area contributed by atoms with Crippen molar-refractivity contribution in [1.29, 1.82) is 0 Å². The van der Waals surface area contributed by atoms with E-state index in [1.54, 1.807) is 18.3 Å². The summed E-state index contributed by atoms with van der Waals surface area (Å²) in [5, 5.41) is 5.42. The second-order valence-electron chi connectivity index (χ2n) is 3.73. The highest BCUT2D eigenvalue weighted by molar-refractivity contribution is 7.10. The van der Waals surface area contributed by atoms with Crippen LogP contribution >= 0.6 is 11.3 Å². The topological polar surface area (TPSA) is 38.3 Å². The van der Waals surface area contributed by atoms with Crippen LogP contribution in [0.3, 0.4) is 0 Å². The molecule has 94 valence electrons. The molecule has 3 nitrogen and oxygen atoms in total. The molecule has 17 heavy (non-hydrogen) atoms. The first-order valence-corrected chi connectivity index (χ1v) is 6.58. The molecule has 1 heterocycles. The van der Waals surface area contributed by atoms with Crippen molar-refractivity contribution in [2.75, 3.05) is 13.7 Å². The number of aryl methyl sites for hydroxylation is 1. The lowest BCUT2D eigenvalue weighted by atomic mass is 10.2. The molecule has 0 atom stereocenters. The van der Waals surface area contributed by atoms with Gasteiger partial charge >= 0.3 is 5.97 Å². The van der Waals surface area contributed by atoms with Crippen molar-refractivity contribution >= 4 is 17.3 Å². The van der Waals surface area contributed by atoms with Gasteiger partial charge in [-0.1, -0.05) is 13.0 Å². The SMILES string of the molecule is CCc1ccsc1CNC/C=C(/C)C(=O)OC. The molecule has 4 heteroatoms. The Labute approximate surface area is 106 Å². The molecule has 0 aliphatic rings. The molecule has 0 fully saturated rings. The summed E-state index contributed by atoms with van der Waals surface area (Å²) in [6, 6.07) is 2.16. The zero-order valence-corrected chi connectivity index (χ0v) is 11.4. The molecule has 0 amide bonds. The third-order valence-corrected chi connectivity index (χ3v) is 3.53. The number of ether oxygens (including phenoxy) is 1. The summed E-state index contributed by atoms with van der Waals surface area (Å²) in [5.74, 6) is -0.267. The van der Waals surface area contributed by atoms with Gasteiger partial charge in [0, 0.05) is 23.5 Å². The van der Waals surface area contributed by atoms with E-state index >= 15 is 0 Å². The number of carbonyl (C=O) groups is 1. The Morgan fingerprint density at radius 3 is 3.00 bits per heavy atom. The van der Waals surface area contributed by atoms with E-state index in [2.05, 4.69) is 28.4 Å². The molecule has 0 unspecified atom stereocenters. The van der Waals surface area contributed by atoms with Crippen molar-refractivity contribution in [2.45, 2.75) is 26.8 Å². The summed E-state index contributed by atoms with van der Waals surface area (Å²) >= 11 is 1.77. The highest BCUT2D eigenvalue weighted by atomic mass is 32.1. The molecule has 1 N–H and O–H groups in total. The molecule has 0 saturated heterocycles. The van der Waals surface area contributed by atoms with Crippen LogP contribution in [0.5, 0.6) is 0 Å². The van der Waals surface area contributed by atoms with E-state index in [0.717, 1.165) is 13.0 Å². The predicted molar refractivity (Wildman–Crippen MR) is 71.2 cm³/mol. The van der Waals surface area contributed by atoms with Crippen LogP contribution in [0.25, 0.3) is 0 Å². The van der Waals surface area contributed by atoms with Crippen LogP contribution in [0.2, 0.25) is 0 Å². The van der Waals surface area contributed by atoms with Crippen molar-refractivity contribution in [3.05, 3.63) is 33.5 Å². The first-order chi connectivity index (χ1) is 8.19. The molecule has 0 spiro atoms. The first-order valence-electron chi connectivity index (χ1n) is 5.70.